The van der Waals surface area contributed by atoms with Gasteiger partial charge in [0.25, 0.3) is 5.91 Å². The third-order valence-corrected chi connectivity index (χ3v) is 3.46. The number of hydrogen-bond acceptors (Lipinski definition) is 4. The topological polar surface area (TPSA) is 102 Å². The van der Waals surface area contributed by atoms with Crippen LogP contribution in [0, 0.1) is 0 Å². The number of aromatic nitrogens is 2. The minimum Gasteiger partial charge on any atom is -0.397 e. The zero-order valence-corrected chi connectivity index (χ0v) is 11.7. The number of nitrogen functional groups attached to an aromatic ring is 1. The Morgan fingerprint density at radius 1 is 1.38 bits per heavy atom. The van der Waals surface area contributed by atoms with Crippen LogP contribution in [0.15, 0.2) is 18.2 Å². The molecule has 2 amide bonds. The van der Waals surface area contributed by atoms with Crippen LogP contribution >= 0.6 is 0 Å². The molecule has 1 aliphatic carbocycles. The van der Waals surface area contributed by atoms with Crippen LogP contribution in [0.5, 0.6) is 0 Å². The van der Waals surface area contributed by atoms with E-state index in [2.05, 4.69) is 15.8 Å². The summed E-state index contributed by atoms with van der Waals surface area (Å²) in [6.45, 7) is 1.44. The van der Waals surface area contributed by atoms with Crippen molar-refractivity contribution < 1.29 is 9.59 Å². The molecule has 110 valence electrons. The van der Waals surface area contributed by atoms with E-state index >= 15 is 0 Å². The normalized spacial score (nSPS) is 14.1. The first-order valence-corrected chi connectivity index (χ1v) is 6.86. The van der Waals surface area contributed by atoms with Crippen LogP contribution in [0.2, 0.25) is 0 Å². The van der Waals surface area contributed by atoms with Crippen LogP contribution in [0.4, 0.5) is 5.69 Å². The van der Waals surface area contributed by atoms with Crippen molar-refractivity contribution in [2.24, 2.45) is 0 Å². The molecule has 1 heterocycles. The van der Waals surface area contributed by atoms with Gasteiger partial charge in [-0.2, -0.15) is 0 Å². The highest BCUT2D eigenvalue weighted by Crippen LogP contribution is 2.41. The van der Waals surface area contributed by atoms with E-state index in [0.29, 0.717) is 11.6 Å². The van der Waals surface area contributed by atoms with Gasteiger partial charge in [0.05, 0.1) is 11.2 Å². The van der Waals surface area contributed by atoms with Crippen LogP contribution in [0.3, 0.4) is 0 Å². The summed E-state index contributed by atoms with van der Waals surface area (Å²) in [7, 11) is 0. The maximum absolute atomic E-state index is 11.9. The molecule has 0 radical (unpaired) electrons. The SMILES string of the molecule is CC(=O)NNC(=O)Cn1c(C2CC2)nc2c(N)cccc21. The lowest BCUT2D eigenvalue weighted by molar-refractivity contribution is -0.128. The average Bonchev–Trinajstić information content (AvgIpc) is 3.21. The number of imidazole rings is 1. The van der Waals surface area contributed by atoms with Crippen molar-refractivity contribution in [3.8, 4) is 0 Å². The van der Waals surface area contributed by atoms with Crippen molar-refractivity contribution in [1.29, 1.82) is 0 Å². The summed E-state index contributed by atoms with van der Waals surface area (Å²) in [6, 6.07) is 5.54. The molecule has 4 N–H and O–H groups in total. The van der Waals surface area contributed by atoms with Gasteiger partial charge in [0.2, 0.25) is 5.91 Å². The summed E-state index contributed by atoms with van der Waals surface area (Å²) in [5.41, 5.74) is 12.8. The Morgan fingerprint density at radius 2 is 2.14 bits per heavy atom. The average molecular weight is 287 g/mol. The first-order chi connectivity index (χ1) is 10.1. The quantitative estimate of drug-likeness (QED) is 0.570. The molecule has 0 bridgehead atoms. The number of amides is 2. The van der Waals surface area contributed by atoms with Crippen molar-refractivity contribution >= 4 is 28.5 Å². The molecule has 7 heteroatoms. The number of benzene rings is 1. The van der Waals surface area contributed by atoms with Crippen molar-refractivity contribution in [1.82, 2.24) is 20.4 Å². The Kier molecular flexibility index (Phi) is 3.25. The Bertz CT molecular complexity index is 717. The van der Waals surface area contributed by atoms with Crippen LogP contribution in [-0.2, 0) is 16.1 Å². The van der Waals surface area contributed by atoms with Crippen molar-refractivity contribution in [2.45, 2.75) is 32.2 Å². The molecule has 1 fully saturated rings. The predicted molar refractivity (Wildman–Crippen MR) is 78.1 cm³/mol. The van der Waals surface area contributed by atoms with Crippen LogP contribution < -0.4 is 16.6 Å². The number of para-hydroxylation sites is 1. The molecule has 2 aromatic rings. The fourth-order valence-electron chi connectivity index (χ4n) is 2.35. The van der Waals surface area contributed by atoms with Gasteiger partial charge in [-0.25, -0.2) is 4.98 Å². The largest absolute Gasteiger partial charge is 0.397 e. The minimum absolute atomic E-state index is 0.103. The lowest BCUT2D eigenvalue weighted by atomic mass is 10.3. The molecule has 3 rings (SSSR count). The van der Waals surface area contributed by atoms with E-state index in [9.17, 15) is 9.59 Å². The second-order valence-corrected chi connectivity index (χ2v) is 5.27. The summed E-state index contributed by atoms with van der Waals surface area (Å²) >= 11 is 0. The van der Waals surface area contributed by atoms with Gasteiger partial charge < -0.3 is 10.3 Å². The molecule has 1 aliphatic rings. The summed E-state index contributed by atoms with van der Waals surface area (Å²) in [4.78, 5) is 27.4. The molecular formula is C14H17N5O2. The number of carbonyl (C=O) groups is 2. The predicted octanol–water partition coefficient (Wildman–Crippen LogP) is 0.663. The molecule has 0 saturated heterocycles. The summed E-state index contributed by atoms with van der Waals surface area (Å²) in [5, 5.41) is 0. The first kappa shape index (κ1) is 13.4. The highest BCUT2D eigenvalue weighted by atomic mass is 16.2. The number of nitrogens with two attached hydrogens (primary N) is 1. The van der Waals surface area contributed by atoms with E-state index in [1.165, 1.54) is 6.92 Å². The molecule has 21 heavy (non-hydrogen) atoms. The molecule has 0 unspecified atom stereocenters. The molecule has 0 atom stereocenters. The number of nitrogens with zero attached hydrogens (tertiary/aromatic N) is 2. The number of carbonyl (C=O) groups excluding carboxylic acids is 2. The van der Waals surface area contributed by atoms with Gasteiger partial charge in [0, 0.05) is 12.8 Å². The molecule has 7 nitrogen and oxygen atoms in total. The van der Waals surface area contributed by atoms with E-state index < -0.39 is 0 Å². The number of fused-ring (bicyclic) bond motifs is 1. The maximum Gasteiger partial charge on any atom is 0.258 e. The Labute approximate surface area is 121 Å². The summed E-state index contributed by atoms with van der Waals surface area (Å²) in [5.74, 6) is 0.672. The van der Waals surface area contributed by atoms with Gasteiger partial charge in [-0.3, -0.25) is 20.4 Å². The second kappa shape index (κ2) is 5.08. The minimum atomic E-state index is -0.314. The van der Waals surface area contributed by atoms with Gasteiger partial charge in [-0.15, -0.1) is 0 Å². The molecule has 1 saturated carbocycles. The van der Waals surface area contributed by atoms with Crippen molar-refractivity contribution in [3.05, 3.63) is 24.0 Å². The Balaban J connectivity index is 1.92. The van der Waals surface area contributed by atoms with Crippen LogP contribution in [0.1, 0.15) is 31.5 Å². The third-order valence-electron chi connectivity index (χ3n) is 3.46. The lowest BCUT2D eigenvalue weighted by Crippen LogP contribution is -2.42. The van der Waals surface area contributed by atoms with E-state index in [1.54, 1.807) is 6.07 Å². The van der Waals surface area contributed by atoms with Gasteiger partial charge >= 0.3 is 0 Å². The first-order valence-electron chi connectivity index (χ1n) is 6.86. The standard InChI is InChI=1S/C14H17N5O2/c1-8(20)17-18-12(21)7-19-11-4-2-3-10(15)13(11)16-14(19)9-5-6-9/h2-4,9H,5-7,15H2,1H3,(H,17,20)(H,18,21). The molecule has 1 aromatic carbocycles. The highest BCUT2D eigenvalue weighted by Gasteiger charge is 2.30. The van der Waals surface area contributed by atoms with Crippen molar-refractivity contribution in [2.75, 3.05) is 5.73 Å². The van der Waals surface area contributed by atoms with Crippen LogP contribution in [0.25, 0.3) is 11.0 Å². The van der Waals surface area contributed by atoms with Crippen molar-refractivity contribution in [3.63, 3.8) is 0 Å². The van der Waals surface area contributed by atoms with E-state index in [4.69, 9.17) is 5.73 Å². The molecular weight excluding hydrogens is 270 g/mol. The maximum atomic E-state index is 11.9. The van der Waals surface area contributed by atoms with E-state index in [1.807, 2.05) is 16.7 Å². The van der Waals surface area contributed by atoms with Gasteiger partial charge in [-0.1, -0.05) is 6.07 Å². The zero-order valence-electron chi connectivity index (χ0n) is 11.7. The van der Waals surface area contributed by atoms with Gasteiger partial charge in [0.15, 0.2) is 0 Å². The van der Waals surface area contributed by atoms with Gasteiger partial charge in [-0.05, 0) is 25.0 Å². The van der Waals surface area contributed by atoms with Gasteiger partial charge in [0.1, 0.15) is 17.9 Å². The summed E-state index contributed by atoms with van der Waals surface area (Å²) in [6.07, 6.45) is 2.16. The number of hydrazine groups is 1. The second-order valence-electron chi connectivity index (χ2n) is 5.27. The van der Waals surface area contributed by atoms with Crippen LogP contribution in [-0.4, -0.2) is 21.4 Å². The molecule has 0 spiro atoms. The fourth-order valence-corrected chi connectivity index (χ4v) is 2.35. The Morgan fingerprint density at radius 3 is 2.81 bits per heavy atom. The smallest absolute Gasteiger partial charge is 0.258 e. The monoisotopic (exact) mass is 287 g/mol. The van der Waals surface area contributed by atoms with E-state index in [-0.39, 0.29) is 18.4 Å². The zero-order chi connectivity index (χ0) is 15.0. The van der Waals surface area contributed by atoms with E-state index in [0.717, 1.165) is 29.7 Å². The molecule has 0 aliphatic heterocycles. The number of hydrogen-bond donors (Lipinski definition) is 3. The number of rotatable bonds is 3. The number of anilines is 1. The number of nitrogens with one attached hydrogen (secondary N) is 2. The molecule has 1 aromatic heterocycles. The summed E-state index contributed by atoms with van der Waals surface area (Å²) < 4.78 is 1.88. The fraction of sp³-hybridized carbons (Fsp3) is 0.357. The Hall–Kier alpha value is -2.57. The highest BCUT2D eigenvalue weighted by molar-refractivity contribution is 5.89. The lowest BCUT2D eigenvalue weighted by Gasteiger charge is -2.09. The third kappa shape index (κ3) is 2.67.